The highest BCUT2D eigenvalue weighted by molar-refractivity contribution is 5.17. The first-order chi connectivity index (χ1) is 8.16. The lowest BCUT2D eigenvalue weighted by atomic mass is 9.70. The molecule has 0 saturated heterocycles. The van der Waals surface area contributed by atoms with E-state index in [0.29, 0.717) is 12.5 Å². The fraction of sp³-hybridized carbons (Fsp3) is 1.00. The molecule has 0 aliphatic heterocycles. The second kappa shape index (κ2) is 4.19. The summed E-state index contributed by atoms with van der Waals surface area (Å²) in [5.74, 6) is 0.519. The van der Waals surface area contributed by atoms with Crippen LogP contribution >= 0.6 is 0 Å². The van der Waals surface area contributed by atoms with Gasteiger partial charge in [0, 0.05) is 18.0 Å². The summed E-state index contributed by atoms with van der Waals surface area (Å²) in [4.78, 5) is 0. The van der Waals surface area contributed by atoms with E-state index in [0.717, 1.165) is 12.8 Å². The monoisotopic (exact) mass is 255 g/mol. The lowest BCUT2D eigenvalue weighted by Crippen LogP contribution is -2.51. The van der Waals surface area contributed by atoms with Gasteiger partial charge in [0.1, 0.15) is 0 Å². The average molecular weight is 255 g/mol. The molecule has 0 aromatic heterocycles. The third-order valence-corrected chi connectivity index (χ3v) is 6.28. The average Bonchev–Trinajstić information content (AvgIpc) is 2.59. The molecular weight excluding hydrogens is 226 g/mol. The molecule has 3 nitrogen and oxygen atoms in total. The Morgan fingerprint density at radius 3 is 2.39 bits per heavy atom. The molecule has 3 N–H and O–H groups in total. The fourth-order valence-electron chi connectivity index (χ4n) is 4.05. The second-order valence-electron chi connectivity index (χ2n) is 7.49. The third kappa shape index (κ3) is 1.83. The van der Waals surface area contributed by atoms with E-state index in [1.54, 1.807) is 0 Å². The number of hydrogen-bond acceptors (Lipinski definition) is 3. The van der Waals surface area contributed by atoms with E-state index in [4.69, 9.17) is 0 Å². The van der Waals surface area contributed by atoms with Crippen LogP contribution in [-0.2, 0) is 0 Å². The molecule has 3 heteroatoms. The molecule has 0 spiro atoms. The van der Waals surface area contributed by atoms with Crippen molar-refractivity contribution < 1.29 is 10.2 Å². The first-order valence-electron chi connectivity index (χ1n) is 7.29. The van der Waals surface area contributed by atoms with Crippen LogP contribution < -0.4 is 5.32 Å². The van der Waals surface area contributed by atoms with Crippen LogP contribution in [-0.4, -0.2) is 34.5 Å². The lowest BCUT2D eigenvalue weighted by Gasteiger charge is -2.37. The van der Waals surface area contributed by atoms with Gasteiger partial charge in [-0.25, -0.2) is 0 Å². The van der Waals surface area contributed by atoms with Crippen molar-refractivity contribution in [2.75, 3.05) is 6.54 Å². The molecule has 0 aromatic carbocycles. The first kappa shape index (κ1) is 14.3. The van der Waals surface area contributed by atoms with Crippen LogP contribution in [0.5, 0.6) is 0 Å². The minimum absolute atomic E-state index is 0.0212. The summed E-state index contributed by atoms with van der Waals surface area (Å²) in [6.45, 7) is 11.2. The molecule has 0 unspecified atom stereocenters. The molecule has 0 radical (unpaired) electrons. The van der Waals surface area contributed by atoms with E-state index in [-0.39, 0.29) is 23.0 Å². The number of aliphatic hydroxyl groups is 2. The topological polar surface area (TPSA) is 52.5 Å². The smallest absolute Gasteiger partial charge is 0.0754 e. The summed E-state index contributed by atoms with van der Waals surface area (Å²) in [6.07, 6.45) is 2.74. The molecule has 2 fully saturated rings. The number of nitrogens with one attached hydrogen (secondary N) is 1. The van der Waals surface area contributed by atoms with Crippen molar-refractivity contribution >= 4 is 0 Å². The summed E-state index contributed by atoms with van der Waals surface area (Å²) in [5.41, 5.74) is -0.470. The highest BCUT2D eigenvalue weighted by Gasteiger charge is 2.65. The van der Waals surface area contributed by atoms with Crippen LogP contribution in [0.4, 0.5) is 0 Å². The van der Waals surface area contributed by atoms with Crippen LogP contribution in [0, 0.1) is 16.7 Å². The Kier molecular flexibility index (Phi) is 3.33. The van der Waals surface area contributed by atoms with E-state index < -0.39 is 5.60 Å². The Morgan fingerprint density at radius 2 is 1.94 bits per heavy atom. The predicted octanol–water partition coefficient (Wildman–Crippen LogP) is 1.92. The summed E-state index contributed by atoms with van der Waals surface area (Å²) < 4.78 is 0. The van der Waals surface area contributed by atoms with Crippen molar-refractivity contribution in [1.82, 2.24) is 5.32 Å². The molecule has 106 valence electrons. The molecule has 2 bridgehead atoms. The molecule has 0 amide bonds. The van der Waals surface area contributed by atoms with Gasteiger partial charge >= 0.3 is 0 Å². The number of fused-ring (bicyclic) bond motifs is 2. The Balaban J connectivity index is 2.09. The van der Waals surface area contributed by atoms with E-state index in [9.17, 15) is 10.2 Å². The lowest BCUT2D eigenvalue weighted by molar-refractivity contribution is -0.00750. The Bertz CT molecular complexity index is 326. The van der Waals surface area contributed by atoms with Gasteiger partial charge in [0.05, 0.1) is 11.7 Å². The third-order valence-electron chi connectivity index (χ3n) is 6.28. The van der Waals surface area contributed by atoms with Crippen molar-refractivity contribution in [3.8, 4) is 0 Å². The number of hydrogen-bond donors (Lipinski definition) is 3. The molecule has 2 aliphatic rings. The Morgan fingerprint density at radius 1 is 1.33 bits per heavy atom. The van der Waals surface area contributed by atoms with E-state index >= 15 is 0 Å². The van der Waals surface area contributed by atoms with Gasteiger partial charge in [-0.1, -0.05) is 27.7 Å². The zero-order valence-corrected chi connectivity index (χ0v) is 12.5. The molecule has 0 aromatic rings. The summed E-state index contributed by atoms with van der Waals surface area (Å²) in [5, 5.41) is 24.1. The Hall–Kier alpha value is -0.120. The van der Waals surface area contributed by atoms with Gasteiger partial charge in [-0.3, -0.25) is 0 Å². The van der Waals surface area contributed by atoms with Crippen molar-refractivity contribution in [1.29, 1.82) is 0 Å². The van der Waals surface area contributed by atoms with E-state index in [1.807, 2.05) is 13.8 Å². The zero-order valence-electron chi connectivity index (χ0n) is 12.5. The van der Waals surface area contributed by atoms with Gasteiger partial charge in [0.2, 0.25) is 0 Å². The van der Waals surface area contributed by atoms with Gasteiger partial charge in [-0.05, 0) is 37.5 Å². The minimum Gasteiger partial charge on any atom is -0.391 e. The second-order valence-corrected chi connectivity index (χ2v) is 7.49. The number of rotatable bonds is 4. The highest BCUT2D eigenvalue weighted by Crippen LogP contribution is 2.65. The maximum Gasteiger partial charge on any atom is 0.0754 e. The first-order valence-corrected chi connectivity index (χ1v) is 7.29. The predicted molar refractivity (Wildman–Crippen MR) is 73.3 cm³/mol. The SMILES string of the molecule is CC[C@@](C)(O)CN[C@@H]1[C@@H](O)[C@]2(C)CC[C@@H]1C2(C)C. The standard InChI is InChI=1S/C15H29NO2/c1-6-14(4,18)9-16-11-10-7-8-15(5,12(11)17)13(10,2)3/h10-12,16-18H,6-9H2,1-5H3/t10-,11-,12+,14+,15-/m0/s1. The van der Waals surface area contributed by atoms with Crippen molar-refractivity contribution in [3.05, 3.63) is 0 Å². The van der Waals surface area contributed by atoms with Gasteiger partial charge in [0.25, 0.3) is 0 Å². The maximum atomic E-state index is 10.6. The summed E-state index contributed by atoms with van der Waals surface area (Å²) in [6, 6.07) is 0.136. The van der Waals surface area contributed by atoms with E-state index in [2.05, 4.69) is 26.1 Å². The summed E-state index contributed by atoms with van der Waals surface area (Å²) >= 11 is 0. The molecular formula is C15H29NO2. The van der Waals surface area contributed by atoms with E-state index in [1.165, 1.54) is 6.42 Å². The quantitative estimate of drug-likeness (QED) is 0.719. The molecule has 18 heavy (non-hydrogen) atoms. The largest absolute Gasteiger partial charge is 0.391 e. The number of aliphatic hydroxyl groups excluding tert-OH is 1. The van der Waals surface area contributed by atoms with Crippen LogP contribution in [0.2, 0.25) is 0 Å². The molecule has 5 atom stereocenters. The van der Waals surface area contributed by atoms with Gasteiger partial charge in [-0.15, -0.1) is 0 Å². The normalized spacial score (nSPS) is 45.2. The fourth-order valence-corrected chi connectivity index (χ4v) is 4.05. The zero-order chi connectivity index (χ0) is 13.8. The van der Waals surface area contributed by atoms with Crippen molar-refractivity contribution in [2.45, 2.75) is 71.6 Å². The van der Waals surface area contributed by atoms with Crippen LogP contribution in [0.3, 0.4) is 0 Å². The van der Waals surface area contributed by atoms with Crippen LogP contribution in [0.1, 0.15) is 53.9 Å². The maximum absolute atomic E-state index is 10.6. The van der Waals surface area contributed by atoms with Crippen molar-refractivity contribution in [3.63, 3.8) is 0 Å². The summed E-state index contributed by atoms with van der Waals surface area (Å²) in [7, 11) is 0. The minimum atomic E-state index is -0.674. The van der Waals surface area contributed by atoms with Crippen LogP contribution in [0.15, 0.2) is 0 Å². The molecule has 2 saturated carbocycles. The highest BCUT2D eigenvalue weighted by atomic mass is 16.3. The van der Waals surface area contributed by atoms with Crippen LogP contribution in [0.25, 0.3) is 0 Å². The van der Waals surface area contributed by atoms with Gasteiger partial charge in [0.15, 0.2) is 0 Å². The molecule has 2 rings (SSSR count). The van der Waals surface area contributed by atoms with Crippen molar-refractivity contribution in [2.24, 2.45) is 16.7 Å². The molecule has 2 aliphatic carbocycles. The Labute approximate surface area is 111 Å². The molecule has 0 heterocycles. The van der Waals surface area contributed by atoms with Gasteiger partial charge in [-0.2, -0.15) is 0 Å². The van der Waals surface area contributed by atoms with Gasteiger partial charge < -0.3 is 15.5 Å².